The van der Waals surface area contributed by atoms with Gasteiger partial charge in [-0.2, -0.15) is 0 Å². The van der Waals surface area contributed by atoms with E-state index in [2.05, 4.69) is 160 Å². The molecule has 0 atom stereocenters. The second-order valence-electron chi connectivity index (χ2n) is 13.4. The topological polar surface area (TPSA) is 43.6 Å². The average Bonchev–Trinajstić information content (AvgIpc) is 3.88. The van der Waals surface area contributed by atoms with Crippen molar-refractivity contribution >= 4 is 32.5 Å². The second kappa shape index (κ2) is 16.8. The predicted octanol–water partition coefficient (Wildman–Crippen LogP) is 13.3. The molecule has 4 aromatic heterocycles. The molecule has 0 N–H and O–H groups in total. The molecule has 0 spiro atoms. The van der Waals surface area contributed by atoms with E-state index in [1.807, 2.05) is 30.6 Å². The van der Waals surface area contributed by atoms with E-state index >= 15 is 0 Å². The van der Waals surface area contributed by atoms with Crippen molar-refractivity contribution in [2.75, 3.05) is 0 Å². The zero-order valence-electron chi connectivity index (χ0n) is 33.9. The van der Waals surface area contributed by atoms with Gasteiger partial charge < -0.3 is 9.55 Å². The summed E-state index contributed by atoms with van der Waals surface area (Å²) in [7, 11) is 0. The first-order chi connectivity index (χ1) is 28.8. The van der Waals surface area contributed by atoms with Crippen LogP contribution < -0.4 is 0 Å². The van der Waals surface area contributed by atoms with Crippen LogP contribution in [0, 0.1) is 25.2 Å². The van der Waals surface area contributed by atoms with Crippen LogP contribution in [-0.2, 0) is 20.1 Å². The van der Waals surface area contributed by atoms with Crippen molar-refractivity contribution in [2.24, 2.45) is 0 Å². The first-order valence-electron chi connectivity index (χ1n) is 19.8. The summed E-state index contributed by atoms with van der Waals surface area (Å²) < 4.78 is 25.2. The Bertz CT molecular complexity index is 2960. The van der Waals surface area contributed by atoms with E-state index in [0.717, 1.165) is 55.9 Å². The van der Waals surface area contributed by atoms with Gasteiger partial charge in [-0.1, -0.05) is 119 Å². The number of thiophene rings is 1. The number of nitrogens with zero attached hydrogens (tertiary/aromatic N) is 4. The van der Waals surface area contributed by atoms with E-state index < -0.39 is 6.85 Å². The summed E-state index contributed by atoms with van der Waals surface area (Å²) in [5.74, 6) is 0.887. The first kappa shape index (κ1) is 34.0. The maximum Gasteiger partial charge on any atom is 0.0774 e. The number of pyridine rings is 2. The molecule has 6 aromatic carbocycles. The Kier molecular flexibility index (Phi) is 10.0. The third-order valence-corrected chi connectivity index (χ3v) is 10.6. The molecular weight excluding hydrogens is 893 g/mol. The van der Waals surface area contributed by atoms with E-state index in [1.54, 1.807) is 29.5 Å². The molecule has 0 aliphatic rings. The molecule has 10 rings (SSSR count). The van der Waals surface area contributed by atoms with Crippen LogP contribution in [0.4, 0.5) is 0 Å². The van der Waals surface area contributed by atoms with Crippen molar-refractivity contribution < 1.29 is 24.2 Å². The molecule has 0 unspecified atom stereocenters. The van der Waals surface area contributed by atoms with Crippen molar-refractivity contribution in [3.8, 4) is 61.7 Å². The number of hydrogen-bond donors (Lipinski definition) is 0. The summed E-state index contributed by atoms with van der Waals surface area (Å²) in [5.41, 5.74) is 14.2. The van der Waals surface area contributed by atoms with Gasteiger partial charge in [0.05, 0.1) is 22.5 Å². The standard InChI is InChI=1S/C39H26N3S.C12H10N.Ir/c1-26-22-31(28-10-4-2-5-11-28)38(32(23-26)29-12-6-3-7-13-29)42-36-15-9-8-14-35(36)41-39(42)34-25-43-37-17-16-30(24-33(34)37)27-18-20-40-21-19-27;1-10-7-8-12(13-9-10)11-5-3-2-4-6-11;/h2-24H,1H3;2-5,7-9H,1H3;/q2*-1;/i;1D3;. The zero-order valence-corrected chi connectivity index (χ0v) is 34.1. The third kappa shape index (κ3) is 7.76. The Balaban J connectivity index is 0.000000248. The van der Waals surface area contributed by atoms with Gasteiger partial charge in [-0.25, -0.2) is 0 Å². The minimum Gasteiger partial charge on any atom is -0.332 e. The van der Waals surface area contributed by atoms with Crippen LogP contribution in [0.25, 0.3) is 82.8 Å². The van der Waals surface area contributed by atoms with Crippen LogP contribution in [0.2, 0.25) is 0 Å². The van der Waals surface area contributed by atoms with E-state index in [0.29, 0.717) is 0 Å². The van der Waals surface area contributed by atoms with Crippen LogP contribution in [-0.4, -0.2) is 19.5 Å². The van der Waals surface area contributed by atoms with Crippen molar-refractivity contribution in [1.82, 2.24) is 19.5 Å². The molecule has 0 fully saturated rings. The molecule has 277 valence electrons. The minimum absolute atomic E-state index is 0. The summed E-state index contributed by atoms with van der Waals surface area (Å²) in [5, 5.41) is 4.80. The molecule has 6 heteroatoms. The van der Waals surface area contributed by atoms with E-state index in [1.165, 1.54) is 38.7 Å². The summed E-state index contributed by atoms with van der Waals surface area (Å²) in [4.78, 5) is 13.6. The molecule has 0 bridgehead atoms. The summed E-state index contributed by atoms with van der Waals surface area (Å²) in [6, 6.07) is 58.9. The average molecular weight is 932 g/mol. The number of benzene rings is 6. The Hall–Kier alpha value is -6.30. The summed E-state index contributed by atoms with van der Waals surface area (Å²) in [6.07, 6.45) is 5.07. The molecule has 0 amide bonds. The van der Waals surface area contributed by atoms with Crippen molar-refractivity contribution in [2.45, 2.75) is 13.8 Å². The Morgan fingerprint density at radius 3 is 2.02 bits per heavy atom. The van der Waals surface area contributed by atoms with Gasteiger partial charge in [0, 0.05) is 53.9 Å². The van der Waals surface area contributed by atoms with Gasteiger partial charge in [-0.05, 0) is 89.2 Å². The van der Waals surface area contributed by atoms with Gasteiger partial charge in [-0.15, -0.1) is 41.3 Å². The van der Waals surface area contributed by atoms with Gasteiger partial charge >= 0.3 is 0 Å². The number of hydrogen-bond acceptors (Lipinski definition) is 4. The number of fused-ring (bicyclic) bond motifs is 2. The molecule has 0 aliphatic heterocycles. The Labute approximate surface area is 354 Å². The van der Waals surface area contributed by atoms with Crippen LogP contribution in [0.5, 0.6) is 0 Å². The molecule has 10 aromatic rings. The monoisotopic (exact) mass is 932 g/mol. The molecule has 0 aliphatic carbocycles. The number of aromatic nitrogens is 4. The fourth-order valence-electron chi connectivity index (χ4n) is 7.09. The molecule has 0 saturated heterocycles. The number of imidazole rings is 1. The molecule has 1 radical (unpaired) electrons. The van der Waals surface area contributed by atoms with Crippen molar-refractivity contribution in [3.63, 3.8) is 0 Å². The Morgan fingerprint density at radius 2 is 1.35 bits per heavy atom. The second-order valence-corrected chi connectivity index (χ2v) is 14.3. The van der Waals surface area contributed by atoms with Crippen LogP contribution in [0.3, 0.4) is 0 Å². The van der Waals surface area contributed by atoms with Crippen molar-refractivity contribution in [1.29, 1.82) is 0 Å². The maximum atomic E-state index is 7.23. The van der Waals surface area contributed by atoms with E-state index in [9.17, 15) is 0 Å². The predicted molar refractivity (Wildman–Crippen MR) is 233 cm³/mol. The van der Waals surface area contributed by atoms with Gasteiger partial charge in [-0.3, -0.25) is 21.3 Å². The fourth-order valence-corrected chi connectivity index (χ4v) is 7.91. The van der Waals surface area contributed by atoms with Crippen molar-refractivity contribution in [3.05, 3.63) is 205 Å². The molecule has 4 heterocycles. The quantitative estimate of drug-likeness (QED) is 0.156. The smallest absolute Gasteiger partial charge is 0.0774 e. The van der Waals surface area contributed by atoms with Gasteiger partial charge in [0.15, 0.2) is 0 Å². The molecule has 57 heavy (non-hydrogen) atoms. The largest absolute Gasteiger partial charge is 0.332 e. The molecular formula is C51H36IrN4S-2. The van der Waals surface area contributed by atoms with E-state index in [4.69, 9.17) is 9.10 Å². The molecule has 0 saturated carbocycles. The fraction of sp³-hybridized carbons (Fsp3) is 0.0392. The SMILES string of the molecule is Cc1cc(-c2ccccc2)c(-n2c(-c3[c-]sc4ccc(-c5ccncc5)cc34)nc3ccccc32)c(-c2ccccc2)c1.[2H]C([2H])([2H])c1ccc(-c2[c-]cccc2)nc1.[Ir]. The number of para-hydroxylation sites is 2. The first-order valence-corrected chi connectivity index (χ1v) is 19.2. The summed E-state index contributed by atoms with van der Waals surface area (Å²) in [6.45, 7) is 0.0856. The van der Waals surface area contributed by atoms with Crippen LogP contribution in [0.1, 0.15) is 15.2 Å². The third-order valence-electron chi connectivity index (χ3n) is 9.71. The number of rotatable bonds is 6. The molecule has 4 nitrogen and oxygen atoms in total. The van der Waals surface area contributed by atoms with Crippen LogP contribution in [0.15, 0.2) is 182 Å². The van der Waals surface area contributed by atoms with Gasteiger partial charge in [0.25, 0.3) is 0 Å². The minimum atomic E-state index is -2.09. The van der Waals surface area contributed by atoms with Gasteiger partial charge in [0.1, 0.15) is 0 Å². The Morgan fingerprint density at radius 1 is 0.649 bits per heavy atom. The van der Waals surface area contributed by atoms with Gasteiger partial charge in [0.2, 0.25) is 0 Å². The number of aryl methyl sites for hydroxylation is 2. The summed E-state index contributed by atoms with van der Waals surface area (Å²) >= 11 is 1.64. The zero-order chi connectivity index (χ0) is 40.3. The van der Waals surface area contributed by atoms with E-state index in [-0.39, 0.29) is 25.7 Å². The van der Waals surface area contributed by atoms with Crippen LogP contribution >= 0.6 is 11.3 Å². The normalized spacial score (nSPS) is 11.8. The maximum absolute atomic E-state index is 7.23.